The number of carbonyl (C=O) groups is 1. The molecule has 0 fully saturated rings. The van der Waals surface area contributed by atoms with Crippen LogP contribution in [0.4, 0.5) is 0 Å². The van der Waals surface area contributed by atoms with Crippen LogP contribution in [-0.4, -0.2) is 24.3 Å². The van der Waals surface area contributed by atoms with Crippen LogP contribution in [0.1, 0.15) is 23.5 Å². The summed E-state index contributed by atoms with van der Waals surface area (Å²) in [4.78, 5) is 16.6. The van der Waals surface area contributed by atoms with E-state index in [0.29, 0.717) is 12.4 Å². The second-order valence-electron chi connectivity index (χ2n) is 5.97. The van der Waals surface area contributed by atoms with Gasteiger partial charge in [-0.25, -0.2) is 4.98 Å². The van der Waals surface area contributed by atoms with Crippen LogP contribution in [0.15, 0.2) is 42.5 Å². The predicted octanol–water partition coefficient (Wildman–Crippen LogP) is 3.42. The Morgan fingerprint density at radius 2 is 2.12 bits per heavy atom. The van der Waals surface area contributed by atoms with Crippen molar-refractivity contribution in [2.24, 2.45) is 0 Å². The Morgan fingerprint density at radius 3 is 3.00 bits per heavy atom. The molecule has 0 aliphatic carbocycles. The maximum Gasteiger partial charge on any atom is 0.246 e. The molecule has 0 bridgehead atoms. The molecule has 3 aromatic rings. The number of para-hydroxylation sites is 1. The van der Waals surface area contributed by atoms with Gasteiger partial charge in [-0.2, -0.15) is 0 Å². The number of ether oxygens (including phenoxy) is 3. The highest BCUT2D eigenvalue weighted by Gasteiger charge is 2.17. The molecule has 26 heavy (non-hydrogen) atoms. The molecule has 7 heteroatoms. The average Bonchev–Trinajstić information content (AvgIpc) is 3.27. The third kappa shape index (κ3) is 3.63. The molecule has 1 atom stereocenters. The lowest BCUT2D eigenvalue weighted by Crippen LogP contribution is -2.30. The number of fused-ring (bicyclic) bond motifs is 2. The van der Waals surface area contributed by atoms with Crippen LogP contribution < -0.4 is 14.8 Å². The first-order valence-corrected chi connectivity index (χ1v) is 9.12. The summed E-state index contributed by atoms with van der Waals surface area (Å²) in [6.45, 7) is 2.47. The van der Waals surface area contributed by atoms with E-state index in [4.69, 9.17) is 14.2 Å². The van der Waals surface area contributed by atoms with Crippen LogP contribution in [-0.2, 0) is 16.1 Å². The summed E-state index contributed by atoms with van der Waals surface area (Å²) in [5, 5.41) is 3.79. The minimum atomic E-state index is -0.170. The van der Waals surface area contributed by atoms with E-state index >= 15 is 0 Å². The standard InChI is InChI=1S/C19H18N2O4S/c1-12(13-6-7-15-16(8-13)25-11-24-15)20-18(22)9-23-10-19-21-14-4-2-3-5-17(14)26-19/h2-8,12H,9-11H2,1H3,(H,20,22). The van der Waals surface area contributed by atoms with Crippen molar-refractivity contribution >= 4 is 27.5 Å². The second-order valence-corrected chi connectivity index (χ2v) is 7.09. The lowest BCUT2D eigenvalue weighted by atomic mass is 10.1. The quantitative estimate of drug-likeness (QED) is 0.720. The molecule has 6 nitrogen and oxygen atoms in total. The predicted molar refractivity (Wildman–Crippen MR) is 98.4 cm³/mol. The van der Waals surface area contributed by atoms with Crippen molar-refractivity contribution in [3.8, 4) is 11.5 Å². The van der Waals surface area contributed by atoms with Gasteiger partial charge in [0.25, 0.3) is 0 Å². The van der Waals surface area contributed by atoms with Gasteiger partial charge in [0.15, 0.2) is 11.5 Å². The number of aromatic nitrogens is 1. The molecule has 0 saturated heterocycles. The number of benzene rings is 2. The maximum absolute atomic E-state index is 12.1. The van der Waals surface area contributed by atoms with E-state index in [9.17, 15) is 4.79 Å². The summed E-state index contributed by atoms with van der Waals surface area (Å²) in [5.41, 5.74) is 1.91. The Balaban J connectivity index is 1.28. The van der Waals surface area contributed by atoms with E-state index in [1.54, 1.807) is 11.3 Å². The lowest BCUT2D eigenvalue weighted by Gasteiger charge is -2.14. The number of hydrogen-bond donors (Lipinski definition) is 1. The monoisotopic (exact) mass is 370 g/mol. The largest absolute Gasteiger partial charge is 0.454 e. The highest BCUT2D eigenvalue weighted by atomic mass is 32.1. The molecule has 1 aliphatic heterocycles. The van der Waals surface area contributed by atoms with Crippen molar-refractivity contribution in [3.05, 3.63) is 53.0 Å². The Kier molecular flexibility index (Phi) is 4.73. The Labute approximate surface area is 154 Å². The molecule has 1 N–H and O–H groups in total. The number of rotatable bonds is 6. The smallest absolute Gasteiger partial charge is 0.246 e. The van der Waals surface area contributed by atoms with Crippen molar-refractivity contribution in [2.45, 2.75) is 19.6 Å². The fourth-order valence-electron chi connectivity index (χ4n) is 2.76. The van der Waals surface area contributed by atoms with Gasteiger partial charge in [0.2, 0.25) is 12.7 Å². The first kappa shape index (κ1) is 16.8. The molecule has 1 aromatic heterocycles. The van der Waals surface area contributed by atoms with Gasteiger partial charge in [-0.05, 0) is 36.8 Å². The molecule has 2 heterocycles. The van der Waals surface area contributed by atoms with Crippen LogP contribution in [0.25, 0.3) is 10.2 Å². The topological polar surface area (TPSA) is 69.7 Å². The molecular weight excluding hydrogens is 352 g/mol. The summed E-state index contributed by atoms with van der Waals surface area (Å²) in [6, 6.07) is 13.4. The zero-order chi connectivity index (χ0) is 17.9. The molecule has 4 rings (SSSR count). The SMILES string of the molecule is CC(NC(=O)COCc1nc2ccccc2s1)c1ccc2c(c1)OCO2. The van der Waals surface area contributed by atoms with Crippen LogP contribution >= 0.6 is 11.3 Å². The van der Waals surface area contributed by atoms with Crippen molar-refractivity contribution in [1.82, 2.24) is 10.3 Å². The molecule has 134 valence electrons. The van der Waals surface area contributed by atoms with Crippen molar-refractivity contribution in [3.63, 3.8) is 0 Å². The number of nitrogens with one attached hydrogen (secondary N) is 1. The number of nitrogens with zero attached hydrogens (tertiary/aromatic N) is 1. The molecule has 1 amide bonds. The number of thiazole rings is 1. The van der Waals surface area contributed by atoms with Crippen molar-refractivity contribution in [2.75, 3.05) is 13.4 Å². The zero-order valence-electron chi connectivity index (χ0n) is 14.2. The Hall–Kier alpha value is -2.64. The highest BCUT2D eigenvalue weighted by Crippen LogP contribution is 2.34. The van der Waals surface area contributed by atoms with Gasteiger partial charge in [0.05, 0.1) is 22.9 Å². The number of amides is 1. The number of carbonyl (C=O) groups excluding carboxylic acids is 1. The molecular formula is C19H18N2O4S. The van der Waals surface area contributed by atoms with E-state index in [-0.39, 0.29) is 25.3 Å². The first-order chi connectivity index (χ1) is 12.7. The summed E-state index contributed by atoms with van der Waals surface area (Å²) in [7, 11) is 0. The van der Waals surface area contributed by atoms with Gasteiger partial charge < -0.3 is 19.5 Å². The zero-order valence-corrected chi connectivity index (χ0v) is 15.0. The molecule has 1 aliphatic rings. The van der Waals surface area contributed by atoms with Gasteiger partial charge in [-0.15, -0.1) is 11.3 Å². The average molecular weight is 370 g/mol. The van der Waals surface area contributed by atoms with Crippen LogP contribution in [0, 0.1) is 0 Å². The van der Waals surface area contributed by atoms with E-state index in [1.807, 2.05) is 49.4 Å². The number of hydrogen-bond acceptors (Lipinski definition) is 6. The van der Waals surface area contributed by atoms with Gasteiger partial charge in [0, 0.05) is 0 Å². The van der Waals surface area contributed by atoms with Gasteiger partial charge >= 0.3 is 0 Å². The van der Waals surface area contributed by atoms with E-state index in [1.165, 1.54) is 0 Å². The third-order valence-electron chi connectivity index (χ3n) is 4.07. The highest BCUT2D eigenvalue weighted by molar-refractivity contribution is 7.18. The molecule has 0 radical (unpaired) electrons. The minimum Gasteiger partial charge on any atom is -0.454 e. The van der Waals surface area contributed by atoms with Crippen LogP contribution in [0.5, 0.6) is 11.5 Å². The van der Waals surface area contributed by atoms with Crippen molar-refractivity contribution < 1.29 is 19.0 Å². The second kappa shape index (κ2) is 7.31. The minimum absolute atomic E-state index is 0.00911. The molecule has 0 saturated carbocycles. The normalized spacial score (nSPS) is 13.7. The molecule has 2 aromatic carbocycles. The van der Waals surface area contributed by atoms with Gasteiger partial charge in [-0.3, -0.25) is 4.79 Å². The fourth-order valence-corrected chi connectivity index (χ4v) is 3.67. The summed E-state index contributed by atoms with van der Waals surface area (Å²) in [6.07, 6.45) is 0. The van der Waals surface area contributed by atoms with E-state index in [2.05, 4.69) is 10.3 Å². The van der Waals surface area contributed by atoms with Crippen LogP contribution in [0.3, 0.4) is 0 Å². The van der Waals surface area contributed by atoms with Gasteiger partial charge in [0.1, 0.15) is 11.6 Å². The summed E-state index contributed by atoms with van der Waals surface area (Å²) >= 11 is 1.58. The maximum atomic E-state index is 12.1. The summed E-state index contributed by atoms with van der Waals surface area (Å²) < 4.78 is 17.3. The molecule has 1 unspecified atom stereocenters. The Morgan fingerprint density at radius 1 is 1.27 bits per heavy atom. The Bertz CT molecular complexity index is 907. The van der Waals surface area contributed by atoms with Crippen molar-refractivity contribution in [1.29, 1.82) is 0 Å². The first-order valence-electron chi connectivity index (χ1n) is 8.30. The van der Waals surface area contributed by atoms with E-state index in [0.717, 1.165) is 26.5 Å². The van der Waals surface area contributed by atoms with Crippen LogP contribution in [0.2, 0.25) is 0 Å². The van der Waals surface area contributed by atoms with E-state index < -0.39 is 0 Å². The fraction of sp³-hybridized carbons (Fsp3) is 0.263. The molecule has 0 spiro atoms. The summed E-state index contributed by atoms with van der Waals surface area (Å²) in [5.74, 6) is 1.26. The third-order valence-corrected chi connectivity index (χ3v) is 5.08. The van der Waals surface area contributed by atoms with Gasteiger partial charge in [-0.1, -0.05) is 18.2 Å². The lowest BCUT2D eigenvalue weighted by molar-refractivity contribution is -0.126.